The van der Waals surface area contributed by atoms with Crippen molar-refractivity contribution in [3.63, 3.8) is 0 Å². The van der Waals surface area contributed by atoms with Gasteiger partial charge in [-0.15, -0.1) is 0 Å². The predicted octanol–water partition coefficient (Wildman–Crippen LogP) is 2.45. The van der Waals surface area contributed by atoms with Crippen molar-refractivity contribution in [3.05, 3.63) is 41.0 Å². The van der Waals surface area contributed by atoms with Gasteiger partial charge in [-0.05, 0) is 35.5 Å². The molecular formula is C19H28N6OS. The molecule has 3 rings (SSSR count). The summed E-state index contributed by atoms with van der Waals surface area (Å²) in [5.74, 6) is 0.872. The number of thiophene rings is 1. The number of nitrogens with one attached hydrogen (secondary N) is 1. The summed E-state index contributed by atoms with van der Waals surface area (Å²) in [4.78, 5) is 27.6. The Morgan fingerprint density at radius 1 is 1.26 bits per heavy atom. The molecule has 1 N–H and O–H groups in total. The van der Waals surface area contributed by atoms with E-state index in [-0.39, 0.29) is 12.1 Å². The van der Waals surface area contributed by atoms with E-state index in [1.807, 2.05) is 4.90 Å². The van der Waals surface area contributed by atoms with Crippen molar-refractivity contribution < 1.29 is 4.79 Å². The summed E-state index contributed by atoms with van der Waals surface area (Å²) in [5.41, 5.74) is 1.27. The standard InChI is InChI=1S/C19H28N6OS/c1-3-23(4-2)17(16-5-12-27-15-16)13-22-19(26)25-10-8-24(9-11-25)18-14-20-6-7-21-18/h5-7,12,14-15,17H,3-4,8-11,13H2,1-2H3,(H,22,26)/t17-/m0/s1. The van der Waals surface area contributed by atoms with Gasteiger partial charge in [0.05, 0.1) is 12.2 Å². The molecule has 1 fully saturated rings. The Hall–Kier alpha value is -2.19. The smallest absolute Gasteiger partial charge is 0.317 e. The van der Waals surface area contributed by atoms with Crippen molar-refractivity contribution in [2.24, 2.45) is 0 Å². The fraction of sp³-hybridized carbons (Fsp3) is 0.526. The Kier molecular flexibility index (Phi) is 7.00. The van der Waals surface area contributed by atoms with E-state index in [9.17, 15) is 4.79 Å². The third kappa shape index (κ3) is 4.95. The van der Waals surface area contributed by atoms with Gasteiger partial charge in [-0.3, -0.25) is 9.88 Å². The lowest BCUT2D eigenvalue weighted by Crippen LogP contribution is -2.53. The summed E-state index contributed by atoms with van der Waals surface area (Å²) in [6.07, 6.45) is 5.14. The van der Waals surface area contributed by atoms with Gasteiger partial charge in [0, 0.05) is 45.1 Å². The quantitative estimate of drug-likeness (QED) is 0.789. The maximum absolute atomic E-state index is 12.7. The number of rotatable bonds is 7. The van der Waals surface area contributed by atoms with Crippen LogP contribution in [0.15, 0.2) is 35.4 Å². The molecule has 0 unspecified atom stereocenters. The number of piperazine rings is 1. The van der Waals surface area contributed by atoms with Crippen molar-refractivity contribution in [2.45, 2.75) is 19.9 Å². The average Bonchev–Trinajstić information content (AvgIpc) is 3.26. The molecule has 2 aromatic rings. The molecule has 0 aromatic carbocycles. The summed E-state index contributed by atoms with van der Waals surface area (Å²) in [5, 5.41) is 7.42. The minimum Gasteiger partial charge on any atom is -0.352 e. The lowest BCUT2D eigenvalue weighted by molar-refractivity contribution is 0.180. The van der Waals surface area contributed by atoms with Crippen LogP contribution in [0.5, 0.6) is 0 Å². The largest absolute Gasteiger partial charge is 0.352 e. The van der Waals surface area contributed by atoms with E-state index in [1.54, 1.807) is 29.9 Å². The molecule has 3 heterocycles. The fourth-order valence-electron chi connectivity index (χ4n) is 3.48. The van der Waals surface area contributed by atoms with Crippen molar-refractivity contribution in [3.8, 4) is 0 Å². The molecule has 1 aliphatic heterocycles. The van der Waals surface area contributed by atoms with Crippen LogP contribution in [0.1, 0.15) is 25.5 Å². The van der Waals surface area contributed by atoms with E-state index in [0.717, 1.165) is 32.0 Å². The first-order valence-corrected chi connectivity index (χ1v) is 10.5. The summed E-state index contributed by atoms with van der Waals surface area (Å²) in [6.45, 7) is 9.81. The van der Waals surface area contributed by atoms with E-state index in [0.29, 0.717) is 19.6 Å². The number of aromatic nitrogens is 2. The second-order valence-electron chi connectivity index (χ2n) is 6.52. The molecule has 1 aliphatic rings. The third-order valence-electron chi connectivity index (χ3n) is 5.07. The Labute approximate surface area is 165 Å². The Morgan fingerprint density at radius 3 is 2.63 bits per heavy atom. The molecule has 8 heteroatoms. The van der Waals surface area contributed by atoms with Crippen LogP contribution in [-0.2, 0) is 0 Å². The molecule has 27 heavy (non-hydrogen) atoms. The second-order valence-corrected chi connectivity index (χ2v) is 7.30. The third-order valence-corrected chi connectivity index (χ3v) is 5.77. The van der Waals surface area contributed by atoms with E-state index in [4.69, 9.17) is 0 Å². The molecule has 1 saturated heterocycles. The zero-order valence-corrected chi connectivity index (χ0v) is 16.9. The van der Waals surface area contributed by atoms with Gasteiger partial charge in [-0.2, -0.15) is 11.3 Å². The molecular weight excluding hydrogens is 360 g/mol. The number of hydrogen-bond donors (Lipinski definition) is 1. The Balaban J connectivity index is 1.52. The topological polar surface area (TPSA) is 64.6 Å². The molecule has 0 bridgehead atoms. The van der Waals surface area contributed by atoms with Crippen molar-refractivity contribution in [1.82, 2.24) is 25.1 Å². The van der Waals surface area contributed by atoms with Gasteiger partial charge in [0.25, 0.3) is 0 Å². The van der Waals surface area contributed by atoms with Gasteiger partial charge in [0.1, 0.15) is 5.82 Å². The van der Waals surface area contributed by atoms with Gasteiger partial charge < -0.3 is 15.1 Å². The maximum atomic E-state index is 12.7. The maximum Gasteiger partial charge on any atom is 0.317 e. The second kappa shape index (κ2) is 9.66. The van der Waals surface area contributed by atoms with Crippen molar-refractivity contribution >= 4 is 23.2 Å². The minimum atomic E-state index is 0.0150. The number of carbonyl (C=O) groups excluding carboxylic acids is 1. The summed E-state index contributed by atoms with van der Waals surface area (Å²) in [7, 11) is 0. The molecule has 7 nitrogen and oxygen atoms in total. The highest BCUT2D eigenvalue weighted by atomic mass is 32.1. The molecule has 1 atom stereocenters. The zero-order chi connectivity index (χ0) is 19.1. The Morgan fingerprint density at radius 2 is 2.04 bits per heavy atom. The molecule has 2 amide bonds. The predicted molar refractivity (Wildman–Crippen MR) is 109 cm³/mol. The molecule has 0 aliphatic carbocycles. The highest BCUT2D eigenvalue weighted by molar-refractivity contribution is 7.07. The van der Waals surface area contributed by atoms with E-state index >= 15 is 0 Å². The Bertz CT molecular complexity index is 683. The summed E-state index contributed by atoms with van der Waals surface area (Å²) in [6, 6.07) is 2.39. The normalized spacial score (nSPS) is 15.8. The van der Waals surface area contributed by atoms with Crippen LogP contribution in [0.2, 0.25) is 0 Å². The van der Waals surface area contributed by atoms with Crippen LogP contribution in [-0.4, -0.2) is 71.6 Å². The van der Waals surface area contributed by atoms with E-state index in [1.165, 1.54) is 5.56 Å². The number of urea groups is 1. The van der Waals surface area contributed by atoms with E-state index < -0.39 is 0 Å². The van der Waals surface area contributed by atoms with Gasteiger partial charge >= 0.3 is 6.03 Å². The highest BCUT2D eigenvalue weighted by Gasteiger charge is 2.24. The van der Waals surface area contributed by atoms with Crippen molar-refractivity contribution in [1.29, 1.82) is 0 Å². The van der Waals surface area contributed by atoms with Crippen molar-refractivity contribution in [2.75, 3.05) is 50.7 Å². The molecule has 0 radical (unpaired) electrons. The summed E-state index contributed by atoms with van der Waals surface area (Å²) >= 11 is 1.70. The molecule has 0 saturated carbocycles. The van der Waals surface area contributed by atoms with Crippen LogP contribution in [0.3, 0.4) is 0 Å². The zero-order valence-electron chi connectivity index (χ0n) is 16.0. The molecule has 2 aromatic heterocycles. The van der Waals surface area contributed by atoms with Gasteiger partial charge in [-0.1, -0.05) is 13.8 Å². The van der Waals surface area contributed by atoms with Crippen LogP contribution >= 0.6 is 11.3 Å². The number of anilines is 1. The number of hydrogen-bond acceptors (Lipinski definition) is 6. The van der Waals surface area contributed by atoms with Crippen LogP contribution in [0, 0.1) is 0 Å². The monoisotopic (exact) mass is 388 g/mol. The fourth-order valence-corrected chi connectivity index (χ4v) is 4.18. The number of carbonyl (C=O) groups is 1. The van der Waals surface area contributed by atoms with Crippen LogP contribution in [0.4, 0.5) is 10.6 Å². The first kappa shape index (κ1) is 19.6. The van der Waals surface area contributed by atoms with Crippen LogP contribution < -0.4 is 10.2 Å². The first-order chi connectivity index (χ1) is 13.2. The first-order valence-electron chi connectivity index (χ1n) is 9.52. The minimum absolute atomic E-state index is 0.0150. The number of nitrogens with zero attached hydrogens (tertiary/aromatic N) is 5. The highest BCUT2D eigenvalue weighted by Crippen LogP contribution is 2.22. The average molecular weight is 389 g/mol. The molecule has 0 spiro atoms. The number of amides is 2. The molecule has 146 valence electrons. The lowest BCUT2D eigenvalue weighted by Gasteiger charge is -2.36. The lowest BCUT2D eigenvalue weighted by atomic mass is 10.1. The summed E-state index contributed by atoms with van der Waals surface area (Å²) < 4.78 is 0. The van der Waals surface area contributed by atoms with Gasteiger partial charge in [0.15, 0.2) is 0 Å². The van der Waals surface area contributed by atoms with E-state index in [2.05, 4.69) is 55.8 Å². The van der Waals surface area contributed by atoms with Gasteiger partial charge in [-0.25, -0.2) is 9.78 Å². The SMILES string of the molecule is CCN(CC)[C@@H](CNC(=O)N1CCN(c2cnccn2)CC1)c1ccsc1. The van der Waals surface area contributed by atoms with Crippen LogP contribution in [0.25, 0.3) is 0 Å². The number of likely N-dealkylation sites (N-methyl/N-ethyl adjacent to an activating group) is 1. The van der Waals surface area contributed by atoms with Gasteiger partial charge in [0.2, 0.25) is 0 Å².